The highest BCUT2D eigenvalue weighted by Crippen LogP contribution is 2.10. The van der Waals surface area contributed by atoms with Gasteiger partial charge in [-0.3, -0.25) is 0 Å². The summed E-state index contributed by atoms with van der Waals surface area (Å²) in [7, 11) is 0. The van der Waals surface area contributed by atoms with Crippen molar-refractivity contribution in [3.63, 3.8) is 0 Å². The fourth-order valence-corrected chi connectivity index (χ4v) is 1.14. The zero-order valence-corrected chi connectivity index (χ0v) is 6.83. The number of hydrogen-bond acceptors (Lipinski definition) is 4. The van der Waals surface area contributed by atoms with Crippen molar-refractivity contribution in [3.05, 3.63) is 0 Å². The van der Waals surface area contributed by atoms with E-state index in [1.807, 2.05) is 0 Å². The number of piperidine rings is 1. The van der Waals surface area contributed by atoms with E-state index >= 15 is 0 Å². The van der Waals surface area contributed by atoms with Crippen molar-refractivity contribution < 1.29 is 27.7 Å². The highest BCUT2D eigenvalue weighted by Gasteiger charge is 2.29. The number of hydrogen-bond donors (Lipinski definition) is 4. The predicted molar refractivity (Wildman–Crippen MR) is 35.5 cm³/mol. The molecule has 0 amide bonds. The van der Waals surface area contributed by atoms with Crippen LogP contribution in [0.15, 0.2) is 0 Å². The second-order valence-corrected chi connectivity index (χ2v) is 2.66. The summed E-state index contributed by atoms with van der Waals surface area (Å²) in [6.45, 7) is 0.914. The number of β-amino-alcohol motifs (C(OH)–C–C–N with tert-alkyl or cyclic N) is 1. The van der Waals surface area contributed by atoms with Crippen molar-refractivity contribution in [1.29, 1.82) is 0 Å². The number of rotatable bonds is 1. The second-order valence-electron chi connectivity index (χ2n) is 2.66. The number of nitrogens with one attached hydrogen (secondary N) is 1. The van der Waals surface area contributed by atoms with E-state index in [-0.39, 0.29) is 24.9 Å². The largest absolute Gasteiger partial charge is 1.00 e. The van der Waals surface area contributed by atoms with Gasteiger partial charge in [0.15, 0.2) is 0 Å². The minimum atomic E-state index is -0.772. The molecule has 68 valence electrons. The summed E-state index contributed by atoms with van der Waals surface area (Å²) in [5, 5.41) is 29.8. The SMILES string of the molecule is OC[C@H]1CNC[C@@H](O)[C@@H]1O.[Cl-]. The number of aliphatic hydroxyl groups is 3. The predicted octanol–water partition coefficient (Wildman–Crippen LogP) is -5.08. The smallest absolute Gasteiger partial charge is 0.0927 e. The molecule has 0 aliphatic carbocycles. The fraction of sp³-hybridized carbons (Fsp3) is 1.00. The van der Waals surface area contributed by atoms with Crippen molar-refractivity contribution >= 4 is 0 Å². The Labute approximate surface area is 71.6 Å². The average molecular weight is 183 g/mol. The molecule has 0 saturated carbocycles. The van der Waals surface area contributed by atoms with Gasteiger partial charge in [0, 0.05) is 25.6 Å². The third-order valence-corrected chi connectivity index (χ3v) is 1.87. The Morgan fingerprint density at radius 1 is 1.27 bits per heavy atom. The Balaban J connectivity index is 0.000001000. The Hall–Kier alpha value is 0.130. The van der Waals surface area contributed by atoms with Gasteiger partial charge in [0.05, 0.1) is 12.2 Å². The molecule has 5 heteroatoms. The molecule has 1 aliphatic heterocycles. The van der Waals surface area contributed by atoms with Gasteiger partial charge < -0.3 is 33.0 Å². The van der Waals surface area contributed by atoms with Gasteiger partial charge in [-0.2, -0.15) is 0 Å². The van der Waals surface area contributed by atoms with Crippen LogP contribution in [0.3, 0.4) is 0 Å². The molecule has 0 aromatic rings. The first-order chi connectivity index (χ1) is 4.75. The summed E-state index contributed by atoms with van der Waals surface area (Å²) >= 11 is 0. The first-order valence-corrected chi connectivity index (χ1v) is 3.43. The maximum atomic E-state index is 9.19. The normalized spacial score (nSPS) is 37.9. The molecule has 1 aliphatic rings. The summed E-state index contributed by atoms with van der Waals surface area (Å²) in [6, 6.07) is 0. The van der Waals surface area contributed by atoms with Crippen LogP contribution in [0.4, 0.5) is 0 Å². The van der Waals surface area contributed by atoms with E-state index in [1.54, 1.807) is 0 Å². The van der Waals surface area contributed by atoms with E-state index in [2.05, 4.69) is 5.32 Å². The highest BCUT2D eigenvalue weighted by atomic mass is 35.5. The molecule has 0 spiro atoms. The molecule has 1 rings (SSSR count). The minimum Gasteiger partial charge on any atom is -1.00 e. The zero-order valence-electron chi connectivity index (χ0n) is 6.07. The van der Waals surface area contributed by atoms with Crippen LogP contribution in [0.2, 0.25) is 0 Å². The Bertz CT molecular complexity index is 114. The van der Waals surface area contributed by atoms with Crippen LogP contribution in [0.5, 0.6) is 0 Å². The molecule has 0 aromatic carbocycles. The first-order valence-electron chi connectivity index (χ1n) is 3.43. The van der Waals surface area contributed by atoms with E-state index in [9.17, 15) is 5.11 Å². The second kappa shape index (κ2) is 4.90. The van der Waals surface area contributed by atoms with E-state index in [0.29, 0.717) is 13.1 Å². The summed E-state index contributed by atoms with van der Waals surface area (Å²) < 4.78 is 0. The van der Waals surface area contributed by atoms with Crippen molar-refractivity contribution in [2.24, 2.45) is 5.92 Å². The molecule has 1 fully saturated rings. The molecule has 4 nitrogen and oxygen atoms in total. The lowest BCUT2D eigenvalue weighted by atomic mass is 9.95. The topological polar surface area (TPSA) is 72.7 Å². The maximum absolute atomic E-state index is 9.19. The molecular formula is C6H13ClNO3-. The van der Waals surface area contributed by atoms with Crippen molar-refractivity contribution in [2.75, 3.05) is 19.7 Å². The zero-order chi connectivity index (χ0) is 7.56. The van der Waals surface area contributed by atoms with Crippen molar-refractivity contribution in [2.45, 2.75) is 12.2 Å². The van der Waals surface area contributed by atoms with Gasteiger partial charge in [-0.25, -0.2) is 0 Å². The van der Waals surface area contributed by atoms with Crippen molar-refractivity contribution in [1.82, 2.24) is 5.32 Å². The van der Waals surface area contributed by atoms with Crippen molar-refractivity contribution in [3.8, 4) is 0 Å². The molecule has 11 heavy (non-hydrogen) atoms. The summed E-state index contributed by atoms with van der Waals surface area (Å²) in [4.78, 5) is 0. The Kier molecular flexibility index (Phi) is 4.96. The molecule has 3 atom stereocenters. The lowest BCUT2D eigenvalue weighted by Crippen LogP contribution is -3.00. The first kappa shape index (κ1) is 11.1. The summed E-state index contributed by atoms with van der Waals surface area (Å²) in [5.74, 6) is -0.219. The molecular weight excluding hydrogens is 170 g/mol. The van der Waals surface area contributed by atoms with E-state index in [4.69, 9.17) is 10.2 Å². The van der Waals surface area contributed by atoms with Gasteiger partial charge in [-0.05, 0) is 0 Å². The standard InChI is InChI=1S/C6H13NO3.ClH/c8-3-4-1-7-2-5(9)6(4)10;/h4-10H,1-3H2;1H/p-1/t4-,5-,6-;/m1./s1. The van der Waals surface area contributed by atoms with Crippen LogP contribution < -0.4 is 17.7 Å². The summed E-state index contributed by atoms with van der Waals surface area (Å²) in [6.07, 6.45) is -1.50. The van der Waals surface area contributed by atoms with Gasteiger partial charge in [0.25, 0.3) is 0 Å². The minimum absolute atomic E-state index is 0. The molecule has 1 saturated heterocycles. The molecule has 0 unspecified atom stereocenters. The molecule has 1 heterocycles. The van der Waals surface area contributed by atoms with Gasteiger partial charge in [0.2, 0.25) is 0 Å². The van der Waals surface area contributed by atoms with Gasteiger partial charge in [-0.1, -0.05) is 0 Å². The molecule has 0 aromatic heterocycles. The third-order valence-electron chi connectivity index (χ3n) is 1.87. The lowest BCUT2D eigenvalue weighted by Gasteiger charge is -2.30. The Morgan fingerprint density at radius 3 is 2.36 bits per heavy atom. The molecule has 0 radical (unpaired) electrons. The lowest BCUT2D eigenvalue weighted by molar-refractivity contribution is -0.0490. The van der Waals surface area contributed by atoms with Gasteiger partial charge in [0.1, 0.15) is 0 Å². The van der Waals surface area contributed by atoms with E-state index in [0.717, 1.165) is 0 Å². The molecule has 4 N–H and O–H groups in total. The van der Waals surface area contributed by atoms with E-state index in [1.165, 1.54) is 0 Å². The Morgan fingerprint density at radius 2 is 1.91 bits per heavy atom. The average Bonchev–Trinajstić information content (AvgIpc) is 1.95. The van der Waals surface area contributed by atoms with Crippen LogP contribution in [-0.2, 0) is 0 Å². The van der Waals surface area contributed by atoms with Crippen LogP contribution in [0.1, 0.15) is 0 Å². The quantitative estimate of drug-likeness (QED) is 0.328. The number of halogens is 1. The van der Waals surface area contributed by atoms with Crippen LogP contribution in [-0.4, -0.2) is 47.2 Å². The maximum Gasteiger partial charge on any atom is 0.0927 e. The fourth-order valence-electron chi connectivity index (χ4n) is 1.14. The van der Waals surface area contributed by atoms with Crippen LogP contribution in [0, 0.1) is 5.92 Å². The van der Waals surface area contributed by atoms with Crippen LogP contribution in [0.25, 0.3) is 0 Å². The van der Waals surface area contributed by atoms with E-state index < -0.39 is 12.2 Å². The highest BCUT2D eigenvalue weighted by molar-refractivity contribution is 4.83. The number of aliphatic hydroxyl groups excluding tert-OH is 3. The monoisotopic (exact) mass is 182 g/mol. The third kappa shape index (κ3) is 2.57. The summed E-state index contributed by atoms with van der Waals surface area (Å²) in [5.41, 5.74) is 0. The van der Waals surface area contributed by atoms with Crippen LogP contribution >= 0.6 is 0 Å². The van der Waals surface area contributed by atoms with Gasteiger partial charge >= 0.3 is 0 Å². The molecule has 0 bridgehead atoms. The van der Waals surface area contributed by atoms with Gasteiger partial charge in [-0.15, -0.1) is 0 Å².